The molecule has 0 spiro atoms. The van der Waals surface area contributed by atoms with Crippen molar-refractivity contribution in [3.8, 4) is 0 Å². The zero-order valence-electron chi connectivity index (χ0n) is 14.6. The third-order valence-electron chi connectivity index (χ3n) is 3.97. The second-order valence-corrected chi connectivity index (χ2v) is 8.64. The van der Waals surface area contributed by atoms with Crippen LogP contribution in [0.1, 0.15) is 19.6 Å². The fraction of sp³-hybridized carbons (Fsp3) is 0.222. The van der Waals surface area contributed by atoms with Gasteiger partial charge in [-0.1, -0.05) is 42.2 Å². The normalized spacial score (nSPS) is 19.8. The van der Waals surface area contributed by atoms with Crippen LogP contribution in [-0.2, 0) is 0 Å². The first-order valence-electron chi connectivity index (χ1n) is 8.08. The Kier molecular flexibility index (Phi) is 5.33. The summed E-state index contributed by atoms with van der Waals surface area (Å²) in [4.78, 5) is 11.9. The molecule has 27 heavy (non-hydrogen) atoms. The number of benzene rings is 1. The average Bonchev–Trinajstić information content (AvgIpc) is 3.17. The first-order valence-corrected chi connectivity index (χ1v) is 9.30. The first-order chi connectivity index (χ1) is 12.8. The number of hydrogen-bond acceptors (Lipinski definition) is 6. The van der Waals surface area contributed by atoms with Crippen LogP contribution < -0.4 is 4.90 Å². The Balaban J connectivity index is 1.86. The summed E-state index contributed by atoms with van der Waals surface area (Å²) in [6.45, 7) is 3.94. The van der Waals surface area contributed by atoms with Crippen LogP contribution >= 0.6 is 24.0 Å². The van der Waals surface area contributed by atoms with E-state index >= 15 is 0 Å². The van der Waals surface area contributed by atoms with E-state index in [0.717, 1.165) is 10.4 Å². The summed E-state index contributed by atoms with van der Waals surface area (Å²) in [6, 6.07) is 12.3. The predicted octanol–water partition coefficient (Wildman–Crippen LogP) is 4.43. The largest absolute Gasteiger partial charge is 0.622 e. The molecule has 0 saturated carbocycles. The number of rotatable bonds is 5. The van der Waals surface area contributed by atoms with Crippen molar-refractivity contribution in [3.05, 3.63) is 69.6 Å². The van der Waals surface area contributed by atoms with Gasteiger partial charge in [-0.15, -0.1) is 0 Å². The molecule has 0 bridgehead atoms. The summed E-state index contributed by atoms with van der Waals surface area (Å²) < 4.78 is 6.09. The van der Waals surface area contributed by atoms with Crippen LogP contribution in [0, 0.1) is 15.3 Å². The van der Waals surface area contributed by atoms with Crippen molar-refractivity contribution < 1.29 is 14.1 Å². The topological polar surface area (TPSA) is 85.6 Å². The van der Waals surface area contributed by atoms with E-state index in [-0.39, 0.29) is 5.88 Å². The highest BCUT2D eigenvalue weighted by Crippen LogP contribution is 2.43. The van der Waals surface area contributed by atoms with Gasteiger partial charge >= 0.3 is 5.88 Å². The number of allylic oxidation sites excluding steroid dienone is 1. The lowest BCUT2D eigenvalue weighted by atomic mass is 10.1. The van der Waals surface area contributed by atoms with Gasteiger partial charge in [0.2, 0.25) is 0 Å². The van der Waals surface area contributed by atoms with Crippen LogP contribution in [0.3, 0.4) is 0 Å². The van der Waals surface area contributed by atoms with E-state index < -0.39 is 15.8 Å². The molecule has 2 heterocycles. The van der Waals surface area contributed by atoms with Gasteiger partial charge in [0.25, 0.3) is 6.17 Å². The highest BCUT2D eigenvalue weighted by molar-refractivity contribution is 8.24. The highest BCUT2D eigenvalue weighted by atomic mass is 32.2. The zero-order valence-corrected chi connectivity index (χ0v) is 16.3. The smallest absolute Gasteiger partial charge is 0.433 e. The van der Waals surface area contributed by atoms with Crippen molar-refractivity contribution in [1.29, 1.82) is 0 Å². The lowest BCUT2D eigenvalue weighted by Crippen LogP contribution is -2.48. The van der Waals surface area contributed by atoms with E-state index in [4.69, 9.17) is 16.6 Å². The number of hydrogen-bond donors (Lipinski definition) is 0. The van der Waals surface area contributed by atoms with Crippen molar-refractivity contribution in [3.63, 3.8) is 0 Å². The lowest BCUT2D eigenvalue weighted by Gasteiger charge is -2.29. The van der Waals surface area contributed by atoms with Gasteiger partial charge in [-0.05, 0) is 38.1 Å². The number of thiocarbonyl (C=S) groups is 1. The number of para-hydroxylation sites is 1. The van der Waals surface area contributed by atoms with Crippen molar-refractivity contribution in [2.24, 2.45) is 0 Å². The molecule has 3 rings (SSSR count). The molecule has 1 saturated heterocycles. The summed E-state index contributed by atoms with van der Waals surface area (Å²) in [5.74, 6) is -0.0515. The van der Waals surface area contributed by atoms with Crippen LogP contribution in [0.15, 0.2) is 53.0 Å². The van der Waals surface area contributed by atoms with E-state index in [1.807, 2.05) is 49.1 Å². The van der Waals surface area contributed by atoms with Gasteiger partial charge in [0, 0.05) is 11.8 Å². The Hall–Kier alpha value is -2.65. The second kappa shape index (κ2) is 7.53. The molecule has 1 aromatic carbocycles. The molecule has 0 amide bonds. The van der Waals surface area contributed by atoms with Gasteiger partial charge in [-0.3, -0.25) is 15.0 Å². The van der Waals surface area contributed by atoms with E-state index in [1.165, 1.54) is 42.3 Å². The number of anilines is 1. The van der Waals surface area contributed by atoms with Crippen molar-refractivity contribution >= 4 is 52.2 Å². The minimum Gasteiger partial charge on any atom is -0.622 e. The SMILES string of the molecule is CC1(C)SC(=S)N(c2ccccc2)[C@@H]1/[N+]([O-])=C/C=C/c1ccc([N+](=O)[O-])o1. The average molecular weight is 403 g/mol. The van der Waals surface area contributed by atoms with Crippen LogP contribution in [0.5, 0.6) is 0 Å². The van der Waals surface area contributed by atoms with Gasteiger partial charge in [-0.2, -0.15) is 4.74 Å². The van der Waals surface area contributed by atoms with Gasteiger partial charge in [0.05, 0.1) is 6.07 Å². The van der Waals surface area contributed by atoms with Gasteiger partial charge in [-0.25, -0.2) is 0 Å². The molecular formula is C18H17N3O4S2. The third kappa shape index (κ3) is 4.04. The maximum absolute atomic E-state index is 12.9. The Bertz CT molecular complexity index is 922. The quantitative estimate of drug-likeness (QED) is 0.182. The first kappa shape index (κ1) is 19.1. The van der Waals surface area contributed by atoms with Crippen LogP contribution in [0.4, 0.5) is 11.6 Å². The molecule has 0 unspecified atom stereocenters. The maximum atomic E-state index is 12.9. The summed E-state index contributed by atoms with van der Waals surface area (Å²) in [5.41, 5.74) is 0.852. The van der Waals surface area contributed by atoms with E-state index in [0.29, 0.717) is 10.1 Å². The molecule has 1 atom stereocenters. The summed E-state index contributed by atoms with van der Waals surface area (Å²) in [5, 5.41) is 23.5. The Morgan fingerprint density at radius 1 is 1.22 bits per heavy atom. The zero-order chi connectivity index (χ0) is 19.6. The van der Waals surface area contributed by atoms with E-state index in [1.54, 1.807) is 0 Å². The lowest BCUT2D eigenvalue weighted by molar-refractivity contribution is -0.497. The molecule has 1 aliphatic heterocycles. The standard InChI is InChI=1S/C18H17N3O4S2/c1-18(2)16(20(17(26)27-18)13-7-4-3-5-8-13)19(22)12-6-9-14-10-11-15(25-14)21(23)24/h3-12,16H,1-2H3/b9-6+,19-12-/t16-/m0/s1. The molecule has 9 heteroatoms. The molecule has 140 valence electrons. The molecule has 2 aromatic rings. The van der Waals surface area contributed by atoms with Gasteiger partial charge in [0.1, 0.15) is 19.8 Å². The summed E-state index contributed by atoms with van der Waals surface area (Å²) in [6.07, 6.45) is 3.83. The molecular weight excluding hydrogens is 386 g/mol. The molecule has 7 nitrogen and oxygen atoms in total. The molecule has 0 N–H and O–H groups in total. The number of hydroxylamine groups is 1. The van der Waals surface area contributed by atoms with Crippen LogP contribution in [0.2, 0.25) is 0 Å². The second-order valence-electron chi connectivity index (χ2n) is 6.35. The minimum atomic E-state index is -0.613. The summed E-state index contributed by atoms with van der Waals surface area (Å²) in [7, 11) is 0. The monoisotopic (exact) mass is 403 g/mol. The fourth-order valence-electron chi connectivity index (χ4n) is 2.83. The Labute approximate surface area is 165 Å². The van der Waals surface area contributed by atoms with E-state index in [2.05, 4.69) is 0 Å². The van der Waals surface area contributed by atoms with Crippen molar-refractivity contribution in [2.45, 2.75) is 24.8 Å². The van der Waals surface area contributed by atoms with Gasteiger partial charge < -0.3 is 9.62 Å². The molecule has 1 fully saturated rings. The minimum absolute atomic E-state index is 0.293. The number of nitro groups is 1. The van der Waals surface area contributed by atoms with Gasteiger partial charge in [0.15, 0.2) is 6.21 Å². The number of thioether (sulfide) groups is 1. The molecule has 1 aromatic heterocycles. The van der Waals surface area contributed by atoms with Crippen molar-refractivity contribution in [2.75, 3.05) is 4.90 Å². The van der Waals surface area contributed by atoms with Crippen LogP contribution in [0.25, 0.3) is 6.08 Å². The number of furan rings is 1. The fourth-order valence-corrected chi connectivity index (χ4v) is 4.75. The summed E-state index contributed by atoms with van der Waals surface area (Å²) >= 11 is 6.97. The predicted molar refractivity (Wildman–Crippen MR) is 111 cm³/mol. The van der Waals surface area contributed by atoms with Crippen molar-refractivity contribution in [1.82, 2.24) is 0 Å². The van der Waals surface area contributed by atoms with E-state index in [9.17, 15) is 15.3 Å². The Morgan fingerprint density at radius 2 is 1.93 bits per heavy atom. The molecule has 0 radical (unpaired) electrons. The molecule has 1 aliphatic rings. The third-order valence-corrected chi connectivity index (χ3v) is 5.53. The number of nitrogens with zero attached hydrogens (tertiary/aromatic N) is 3. The molecule has 0 aliphatic carbocycles. The highest BCUT2D eigenvalue weighted by Gasteiger charge is 2.51. The van der Waals surface area contributed by atoms with Crippen LogP contribution in [-0.4, -0.2) is 31.1 Å². The Morgan fingerprint density at radius 3 is 2.56 bits per heavy atom. The maximum Gasteiger partial charge on any atom is 0.433 e.